The maximum atomic E-state index is 11.7. The molecule has 0 saturated carbocycles. The van der Waals surface area contributed by atoms with Gasteiger partial charge in [0, 0.05) is 30.3 Å². The number of allylic oxidation sites excluding steroid dienone is 1. The number of nitrogens with zero attached hydrogens (tertiary/aromatic N) is 1. The van der Waals surface area contributed by atoms with Crippen LogP contribution in [0.2, 0.25) is 0 Å². The van der Waals surface area contributed by atoms with Crippen molar-refractivity contribution in [2.24, 2.45) is 17.2 Å². The summed E-state index contributed by atoms with van der Waals surface area (Å²) in [6.45, 7) is 1.52. The van der Waals surface area contributed by atoms with Crippen LogP contribution in [0.3, 0.4) is 0 Å². The summed E-state index contributed by atoms with van der Waals surface area (Å²) < 4.78 is 4.76. The van der Waals surface area contributed by atoms with Crippen molar-refractivity contribution in [2.75, 3.05) is 20.2 Å². The van der Waals surface area contributed by atoms with Crippen molar-refractivity contribution in [1.82, 2.24) is 4.90 Å². The number of ether oxygens (including phenoxy) is 1. The molecule has 2 aromatic carbocycles. The average Bonchev–Trinajstić information content (AvgIpc) is 2.77. The van der Waals surface area contributed by atoms with Crippen LogP contribution in [0.5, 0.6) is 5.75 Å². The van der Waals surface area contributed by atoms with Crippen molar-refractivity contribution in [2.45, 2.75) is 18.8 Å². The van der Waals surface area contributed by atoms with Crippen LogP contribution < -0.4 is 17.2 Å². The number of likely N-dealkylation sites (tertiary alicyclic amines) is 1. The quantitative estimate of drug-likeness (QED) is 0.442. The number of esters is 1. The molecule has 2 aromatic rings. The zero-order chi connectivity index (χ0) is 21.7. The molecule has 3 rings (SSSR count). The van der Waals surface area contributed by atoms with E-state index < -0.39 is 0 Å². The Hall–Kier alpha value is -3.61. The Labute approximate surface area is 176 Å². The minimum atomic E-state index is -0.349. The third-order valence-electron chi connectivity index (χ3n) is 5.37. The Bertz CT molecular complexity index is 963. The van der Waals surface area contributed by atoms with Crippen LogP contribution in [-0.4, -0.2) is 36.2 Å². The molecule has 0 aliphatic carbocycles. The van der Waals surface area contributed by atoms with Gasteiger partial charge in [-0.15, -0.1) is 0 Å². The number of phenolic OH excluding ortho intramolecular Hbond substituents is 1. The van der Waals surface area contributed by atoms with E-state index in [1.807, 2.05) is 12.1 Å². The van der Waals surface area contributed by atoms with Crippen LogP contribution in [-0.2, 0) is 4.74 Å². The lowest BCUT2D eigenvalue weighted by molar-refractivity contribution is 0.0600. The van der Waals surface area contributed by atoms with Crippen LogP contribution in [0.4, 0.5) is 0 Å². The zero-order valence-electron chi connectivity index (χ0n) is 17.0. The van der Waals surface area contributed by atoms with Crippen molar-refractivity contribution in [1.29, 1.82) is 0 Å². The van der Waals surface area contributed by atoms with E-state index in [2.05, 4.69) is 4.90 Å². The van der Waals surface area contributed by atoms with Crippen molar-refractivity contribution < 1.29 is 14.6 Å². The second-order valence-corrected chi connectivity index (χ2v) is 7.36. The minimum Gasteiger partial charge on any atom is -0.507 e. The number of phenols is 1. The standard InChI is InChI=1S/C23H28N4O3/c1-30-23(29)16-10-8-15(9-11-16)17-5-4-12-27(14-17)20(22(25)26)13-19(24)18-6-2-3-7-21(18)28/h2-3,6-11,13,17,28H,4-5,12,14,24-26H2,1H3/b19-13-. The van der Waals surface area contributed by atoms with E-state index in [4.69, 9.17) is 21.9 Å². The molecule has 7 nitrogen and oxygen atoms in total. The van der Waals surface area contributed by atoms with E-state index in [0.717, 1.165) is 31.5 Å². The van der Waals surface area contributed by atoms with Gasteiger partial charge in [0.2, 0.25) is 0 Å². The molecule has 0 radical (unpaired) electrons. The number of para-hydroxylation sites is 1. The molecule has 1 heterocycles. The number of rotatable bonds is 5. The summed E-state index contributed by atoms with van der Waals surface area (Å²) in [6, 6.07) is 14.4. The molecule has 1 saturated heterocycles. The summed E-state index contributed by atoms with van der Waals surface area (Å²) >= 11 is 0. The van der Waals surface area contributed by atoms with Gasteiger partial charge in [-0.2, -0.15) is 0 Å². The van der Waals surface area contributed by atoms with Gasteiger partial charge in [0.15, 0.2) is 0 Å². The Kier molecular flexibility index (Phi) is 6.51. The third-order valence-corrected chi connectivity index (χ3v) is 5.37. The molecule has 30 heavy (non-hydrogen) atoms. The molecular formula is C23H28N4O3. The molecule has 0 bridgehead atoms. The Balaban J connectivity index is 1.81. The van der Waals surface area contributed by atoms with Gasteiger partial charge in [0.05, 0.1) is 18.4 Å². The summed E-state index contributed by atoms with van der Waals surface area (Å²) in [5.41, 5.74) is 21.4. The SMILES string of the molecule is COC(=O)c1ccc(C2CCCN(C(/C=C(\N)c3ccccc3O)=C(N)N)C2)cc1. The number of methoxy groups -OCH3 is 1. The summed E-state index contributed by atoms with van der Waals surface area (Å²) in [7, 11) is 1.37. The van der Waals surface area contributed by atoms with Gasteiger partial charge in [-0.25, -0.2) is 4.79 Å². The minimum absolute atomic E-state index is 0.100. The summed E-state index contributed by atoms with van der Waals surface area (Å²) in [5, 5.41) is 10.1. The number of benzene rings is 2. The molecule has 0 spiro atoms. The Morgan fingerprint density at radius 1 is 1.13 bits per heavy atom. The molecule has 7 N–H and O–H groups in total. The molecule has 1 fully saturated rings. The lowest BCUT2D eigenvalue weighted by atomic mass is 9.89. The monoisotopic (exact) mass is 408 g/mol. The third kappa shape index (κ3) is 4.68. The molecule has 7 heteroatoms. The fraction of sp³-hybridized carbons (Fsp3) is 0.261. The van der Waals surface area contributed by atoms with Gasteiger partial charge >= 0.3 is 5.97 Å². The highest BCUT2D eigenvalue weighted by molar-refractivity contribution is 5.89. The van der Waals surface area contributed by atoms with Gasteiger partial charge in [0.25, 0.3) is 0 Å². The lowest BCUT2D eigenvalue weighted by Gasteiger charge is -2.35. The second-order valence-electron chi connectivity index (χ2n) is 7.36. The van der Waals surface area contributed by atoms with E-state index in [1.165, 1.54) is 7.11 Å². The molecule has 0 amide bonds. The van der Waals surface area contributed by atoms with Gasteiger partial charge < -0.3 is 31.9 Å². The molecule has 1 aliphatic heterocycles. The largest absolute Gasteiger partial charge is 0.507 e. The second kappa shape index (κ2) is 9.26. The number of aromatic hydroxyl groups is 1. The number of hydrogen-bond acceptors (Lipinski definition) is 7. The molecular weight excluding hydrogens is 380 g/mol. The molecule has 158 valence electrons. The fourth-order valence-corrected chi connectivity index (χ4v) is 3.78. The first-order chi connectivity index (χ1) is 14.4. The molecule has 0 aromatic heterocycles. The first-order valence-corrected chi connectivity index (χ1v) is 9.84. The fourth-order valence-electron chi connectivity index (χ4n) is 3.78. The number of hydrogen-bond donors (Lipinski definition) is 4. The summed E-state index contributed by atoms with van der Waals surface area (Å²) in [5.74, 6) is 0.191. The van der Waals surface area contributed by atoms with Crippen LogP contribution in [0.25, 0.3) is 5.70 Å². The molecule has 1 atom stereocenters. The van der Waals surface area contributed by atoms with E-state index in [1.54, 1.807) is 42.5 Å². The maximum Gasteiger partial charge on any atom is 0.337 e. The number of carbonyl (C=O) groups excluding carboxylic acids is 1. The predicted octanol–water partition coefficient (Wildman–Crippen LogP) is 2.44. The van der Waals surface area contributed by atoms with Gasteiger partial charge in [-0.05, 0) is 48.7 Å². The first-order valence-electron chi connectivity index (χ1n) is 9.84. The average molecular weight is 409 g/mol. The van der Waals surface area contributed by atoms with Crippen molar-refractivity contribution in [3.63, 3.8) is 0 Å². The molecule has 1 unspecified atom stereocenters. The molecule has 1 aliphatic rings. The highest BCUT2D eigenvalue weighted by Crippen LogP contribution is 2.31. The Morgan fingerprint density at radius 3 is 2.47 bits per heavy atom. The van der Waals surface area contributed by atoms with Crippen LogP contribution in [0.15, 0.2) is 66.1 Å². The smallest absolute Gasteiger partial charge is 0.337 e. The zero-order valence-corrected chi connectivity index (χ0v) is 17.0. The number of piperidine rings is 1. The van der Waals surface area contributed by atoms with Crippen molar-refractivity contribution in [3.8, 4) is 5.75 Å². The maximum absolute atomic E-state index is 11.7. The van der Waals surface area contributed by atoms with Crippen LogP contribution in [0, 0.1) is 0 Å². The van der Waals surface area contributed by atoms with Crippen LogP contribution >= 0.6 is 0 Å². The topological polar surface area (TPSA) is 128 Å². The lowest BCUT2D eigenvalue weighted by Crippen LogP contribution is -2.36. The predicted molar refractivity (Wildman–Crippen MR) is 117 cm³/mol. The van der Waals surface area contributed by atoms with Crippen molar-refractivity contribution >= 4 is 11.7 Å². The number of nitrogens with two attached hydrogens (primary N) is 3. The Morgan fingerprint density at radius 2 is 1.83 bits per heavy atom. The first kappa shape index (κ1) is 21.1. The highest BCUT2D eigenvalue weighted by Gasteiger charge is 2.24. The van der Waals surface area contributed by atoms with Gasteiger partial charge in [-0.1, -0.05) is 24.3 Å². The van der Waals surface area contributed by atoms with Crippen molar-refractivity contribution in [3.05, 3.63) is 82.8 Å². The summed E-state index contributed by atoms with van der Waals surface area (Å²) in [6.07, 6.45) is 3.70. The normalized spacial score (nSPS) is 16.8. The van der Waals surface area contributed by atoms with Gasteiger partial charge in [0.1, 0.15) is 11.6 Å². The van der Waals surface area contributed by atoms with Gasteiger partial charge in [-0.3, -0.25) is 0 Å². The van der Waals surface area contributed by atoms with E-state index in [9.17, 15) is 9.90 Å². The van der Waals surface area contributed by atoms with E-state index in [0.29, 0.717) is 22.5 Å². The summed E-state index contributed by atoms with van der Waals surface area (Å²) in [4.78, 5) is 13.8. The highest BCUT2D eigenvalue weighted by atomic mass is 16.5. The van der Waals surface area contributed by atoms with E-state index >= 15 is 0 Å². The number of carbonyl (C=O) groups is 1. The van der Waals surface area contributed by atoms with E-state index in [-0.39, 0.29) is 23.5 Å². The van der Waals surface area contributed by atoms with Crippen LogP contribution in [0.1, 0.15) is 40.2 Å².